The van der Waals surface area contributed by atoms with E-state index in [4.69, 9.17) is 20.9 Å². The summed E-state index contributed by atoms with van der Waals surface area (Å²) in [6.07, 6.45) is 0.231. The first-order valence-corrected chi connectivity index (χ1v) is 8.56. The molecule has 0 unspecified atom stereocenters. The zero-order valence-corrected chi connectivity index (χ0v) is 15.3. The fraction of sp³-hybridized carbons (Fsp3) is 0.333. The van der Waals surface area contributed by atoms with Gasteiger partial charge in [0.05, 0.1) is 13.2 Å². The van der Waals surface area contributed by atoms with Crippen LogP contribution >= 0.6 is 0 Å². The molecule has 0 aliphatic rings. The van der Waals surface area contributed by atoms with Crippen LogP contribution in [0.3, 0.4) is 0 Å². The second kappa shape index (κ2) is 9.37. The summed E-state index contributed by atoms with van der Waals surface area (Å²) in [5.41, 5.74) is 12.6. The number of amides is 2. The third-order valence-corrected chi connectivity index (χ3v) is 3.61. The molecular weight excluding hydrogens is 350 g/mol. The van der Waals surface area contributed by atoms with Crippen molar-refractivity contribution in [2.24, 2.45) is 11.5 Å². The number of carbonyl (C=O) groups is 2. The second-order valence-electron chi connectivity index (χ2n) is 5.57. The zero-order chi connectivity index (χ0) is 19.8. The maximum Gasteiger partial charge on any atom is 0.404 e. The minimum Gasteiger partial charge on any atom is -0.477 e. The number of carbonyl (C=O) groups excluding carboxylic acids is 2. The Morgan fingerprint density at radius 3 is 2.59 bits per heavy atom. The molecule has 1 heterocycles. The van der Waals surface area contributed by atoms with E-state index < -0.39 is 12.0 Å². The van der Waals surface area contributed by atoms with E-state index in [-0.39, 0.29) is 18.1 Å². The van der Waals surface area contributed by atoms with Gasteiger partial charge in [0, 0.05) is 12.1 Å². The van der Waals surface area contributed by atoms with Crippen LogP contribution in [0, 0.1) is 0 Å². The first-order chi connectivity index (χ1) is 12.9. The van der Waals surface area contributed by atoms with Crippen molar-refractivity contribution in [3.8, 4) is 5.88 Å². The third kappa shape index (κ3) is 5.56. The van der Waals surface area contributed by atoms with E-state index in [1.807, 2.05) is 32.0 Å². The van der Waals surface area contributed by atoms with Crippen molar-refractivity contribution in [3.63, 3.8) is 0 Å². The summed E-state index contributed by atoms with van der Waals surface area (Å²) in [4.78, 5) is 31.1. The number of aromatic nitrogens is 2. The molecule has 9 heteroatoms. The van der Waals surface area contributed by atoms with E-state index in [0.717, 1.165) is 5.56 Å². The van der Waals surface area contributed by atoms with Crippen molar-refractivity contribution in [1.82, 2.24) is 9.97 Å². The summed E-state index contributed by atoms with van der Waals surface area (Å²) >= 11 is 0. The lowest BCUT2D eigenvalue weighted by Gasteiger charge is -2.14. The molecular formula is C18H23N5O4. The Labute approximate surface area is 157 Å². The summed E-state index contributed by atoms with van der Waals surface area (Å²) in [6.45, 7) is 4.33. The standard InChI is InChI=1S/C18H23N5O4/c1-3-13-17(26-4-2)23-16(14(22-13)15(19)24)21-12-7-5-6-11(10-12)8-9-27-18(20)25/h5-7,10H,3-4,8-9H2,1-2H3,(H2,19,24)(H2,20,25)(H,21,23). The Hall–Kier alpha value is -3.36. The molecule has 0 spiro atoms. The molecule has 9 nitrogen and oxygen atoms in total. The highest BCUT2D eigenvalue weighted by atomic mass is 16.5. The van der Waals surface area contributed by atoms with E-state index in [1.54, 1.807) is 6.07 Å². The lowest BCUT2D eigenvalue weighted by Crippen LogP contribution is -2.18. The van der Waals surface area contributed by atoms with E-state index >= 15 is 0 Å². The highest BCUT2D eigenvalue weighted by Gasteiger charge is 2.18. The van der Waals surface area contributed by atoms with Crippen LogP contribution < -0.4 is 21.5 Å². The number of anilines is 2. The van der Waals surface area contributed by atoms with E-state index in [0.29, 0.717) is 36.7 Å². The number of rotatable bonds is 9. The van der Waals surface area contributed by atoms with Gasteiger partial charge in [-0.05, 0) is 31.0 Å². The molecule has 0 aliphatic heterocycles. The summed E-state index contributed by atoms with van der Waals surface area (Å²) in [7, 11) is 0. The first-order valence-electron chi connectivity index (χ1n) is 8.56. The molecule has 0 fully saturated rings. The molecule has 5 N–H and O–H groups in total. The topological polar surface area (TPSA) is 142 Å². The maximum absolute atomic E-state index is 11.8. The molecule has 2 rings (SSSR count). The van der Waals surface area contributed by atoms with Crippen LogP contribution in [0.2, 0.25) is 0 Å². The zero-order valence-electron chi connectivity index (χ0n) is 15.3. The van der Waals surface area contributed by atoms with Gasteiger partial charge in [0.25, 0.3) is 5.91 Å². The number of hydrogen-bond donors (Lipinski definition) is 3. The predicted octanol–water partition coefficient (Wildman–Crippen LogP) is 1.92. The normalized spacial score (nSPS) is 10.3. The predicted molar refractivity (Wildman–Crippen MR) is 100 cm³/mol. The number of nitrogens with one attached hydrogen (secondary N) is 1. The molecule has 0 bridgehead atoms. The SMILES string of the molecule is CCOc1nc(Nc2cccc(CCOC(N)=O)c2)c(C(N)=O)nc1CC. The van der Waals surface area contributed by atoms with Crippen LogP contribution in [-0.2, 0) is 17.6 Å². The van der Waals surface area contributed by atoms with Crippen LogP contribution in [0.1, 0.15) is 35.6 Å². The summed E-state index contributed by atoms with van der Waals surface area (Å²) < 4.78 is 10.3. The number of hydrogen-bond acceptors (Lipinski definition) is 7. The Balaban J connectivity index is 2.28. The third-order valence-electron chi connectivity index (χ3n) is 3.61. The average molecular weight is 373 g/mol. The first kappa shape index (κ1) is 20.0. The second-order valence-corrected chi connectivity index (χ2v) is 5.57. The van der Waals surface area contributed by atoms with Gasteiger partial charge in [-0.2, -0.15) is 4.98 Å². The minimum absolute atomic E-state index is 0.0396. The fourth-order valence-electron chi connectivity index (χ4n) is 2.41. The molecule has 144 valence electrons. The van der Waals surface area contributed by atoms with Crippen molar-refractivity contribution in [3.05, 3.63) is 41.2 Å². The van der Waals surface area contributed by atoms with Crippen LogP contribution in [0.5, 0.6) is 5.88 Å². The van der Waals surface area contributed by atoms with Crippen molar-refractivity contribution in [2.75, 3.05) is 18.5 Å². The molecule has 0 radical (unpaired) electrons. The number of ether oxygens (including phenoxy) is 2. The Kier molecular flexibility index (Phi) is 6.93. The number of nitrogens with zero attached hydrogens (tertiary/aromatic N) is 2. The van der Waals surface area contributed by atoms with E-state index in [9.17, 15) is 9.59 Å². The smallest absolute Gasteiger partial charge is 0.404 e. The van der Waals surface area contributed by atoms with Gasteiger partial charge in [0.15, 0.2) is 11.5 Å². The van der Waals surface area contributed by atoms with Gasteiger partial charge in [0.2, 0.25) is 5.88 Å². The monoisotopic (exact) mass is 373 g/mol. The summed E-state index contributed by atoms with van der Waals surface area (Å²) in [5, 5.41) is 3.06. The quantitative estimate of drug-likeness (QED) is 0.609. The average Bonchev–Trinajstić information content (AvgIpc) is 2.62. The lowest BCUT2D eigenvalue weighted by atomic mass is 10.1. The number of benzene rings is 1. The van der Waals surface area contributed by atoms with Crippen LogP contribution in [0.25, 0.3) is 0 Å². The maximum atomic E-state index is 11.8. The largest absolute Gasteiger partial charge is 0.477 e. The van der Waals surface area contributed by atoms with Crippen LogP contribution in [0.4, 0.5) is 16.3 Å². The molecule has 1 aromatic heterocycles. The Morgan fingerprint density at radius 2 is 1.96 bits per heavy atom. The van der Waals surface area contributed by atoms with Crippen molar-refractivity contribution in [1.29, 1.82) is 0 Å². The van der Waals surface area contributed by atoms with Crippen molar-refractivity contribution < 1.29 is 19.1 Å². The van der Waals surface area contributed by atoms with Gasteiger partial charge in [-0.25, -0.2) is 9.78 Å². The Morgan fingerprint density at radius 1 is 1.19 bits per heavy atom. The highest BCUT2D eigenvalue weighted by Crippen LogP contribution is 2.24. The van der Waals surface area contributed by atoms with Gasteiger partial charge in [-0.1, -0.05) is 19.1 Å². The molecule has 0 saturated carbocycles. The van der Waals surface area contributed by atoms with Crippen molar-refractivity contribution in [2.45, 2.75) is 26.7 Å². The molecule has 2 aromatic rings. The summed E-state index contributed by atoms with van der Waals surface area (Å²) in [6, 6.07) is 7.34. The van der Waals surface area contributed by atoms with Gasteiger partial charge < -0.3 is 26.3 Å². The van der Waals surface area contributed by atoms with Gasteiger partial charge >= 0.3 is 6.09 Å². The number of nitrogens with two attached hydrogens (primary N) is 2. The van der Waals surface area contributed by atoms with Gasteiger partial charge in [-0.3, -0.25) is 4.79 Å². The van der Waals surface area contributed by atoms with Gasteiger partial charge in [-0.15, -0.1) is 0 Å². The molecule has 1 aromatic carbocycles. The molecule has 0 aliphatic carbocycles. The van der Waals surface area contributed by atoms with E-state index in [2.05, 4.69) is 15.3 Å². The highest BCUT2D eigenvalue weighted by molar-refractivity contribution is 5.96. The molecule has 0 saturated heterocycles. The number of aryl methyl sites for hydroxylation is 1. The van der Waals surface area contributed by atoms with E-state index in [1.165, 1.54) is 0 Å². The molecule has 0 atom stereocenters. The molecule has 27 heavy (non-hydrogen) atoms. The minimum atomic E-state index is -0.815. The lowest BCUT2D eigenvalue weighted by molar-refractivity contribution is 0.0995. The van der Waals surface area contributed by atoms with Crippen LogP contribution in [-0.4, -0.2) is 35.2 Å². The van der Waals surface area contributed by atoms with Crippen molar-refractivity contribution >= 4 is 23.5 Å². The van der Waals surface area contributed by atoms with Crippen LogP contribution in [0.15, 0.2) is 24.3 Å². The Bertz CT molecular complexity index is 825. The molecule has 2 amide bonds. The fourth-order valence-corrected chi connectivity index (χ4v) is 2.41. The summed E-state index contributed by atoms with van der Waals surface area (Å²) in [5.74, 6) is -0.110. The number of primary amides is 2. The van der Waals surface area contributed by atoms with Gasteiger partial charge in [0.1, 0.15) is 5.69 Å².